The minimum absolute atomic E-state index is 0.00608. The Balaban J connectivity index is 1.84. The Morgan fingerprint density at radius 1 is 1.40 bits per heavy atom. The molecule has 0 aromatic carbocycles. The molecule has 0 spiro atoms. The van der Waals surface area contributed by atoms with Gasteiger partial charge in [-0.15, -0.1) is 0 Å². The predicted octanol–water partition coefficient (Wildman–Crippen LogP) is -0.0674. The van der Waals surface area contributed by atoms with Crippen molar-refractivity contribution in [3.63, 3.8) is 0 Å². The van der Waals surface area contributed by atoms with Crippen LogP contribution in [-0.2, 0) is 34.8 Å². The average Bonchev–Trinajstić information content (AvgIpc) is 2.69. The van der Waals surface area contributed by atoms with Crippen molar-refractivity contribution < 1.29 is 38.2 Å². The van der Waals surface area contributed by atoms with Crippen LogP contribution in [0, 0.1) is 5.41 Å². The number of amides is 1. The number of aliphatic carboxylic acids is 1. The third-order valence-corrected chi connectivity index (χ3v) is 6.15. The van der Waals surface area contributed by atoms with Gasteiger partial charge in [0.25, 0.3) is 0 Å². The molecule has 1 fully saturated rings. The number of nitrogens with one attached hydrogen (secondary N) is 2. The number of hydrogen-bond acceptors (Lipinski definition) is 10. The van der Waals surface area contributed by atoms with Crippen LogP contribution < -0.4 is 10.4 Å². The number of carbonyl (C=O) groups excluding carboxylic acids is 2. The molecule has 0 saturated carbocycles. The molecule has 0 radical (unpaired) electrons. The molecule has 13 heteroatoms. The molecule has 1 aromatic rings. The Kier molecular flexibility index (Phi) is 8.16. The molecule has 0 bridgehead atoms. The van der Waals surface area contributed by atoms with Gasteiger partial charge >= 0.3 is 167 Å². The molecule has 2 rings (SSSR count). The molecule has 1 amide bonds. The van der Waals surface area contributed by atoms with Crippen LogP contribution in [0.3, 0.4) is 0 Å². The summed E-state index contributed by atoms with van der Waals surface area (Å²) >= 11 is 0. The molecule has 1 aliphatic heterocycles. The van der Waals surface area contributed by atoms with Crippen molar-refractivity contribution in [2.45, 2.75) is 45.9 Å². The summed E-state index contributed by atoms with van der Waals surface area (Å²) in [6.07, 6.45) is 3.28. The van der Waals surface area contributed by atoms with E-state index in [0.717, 1.165) is 0 Å². The normalized spacial score (nSPS) is 21.8. The van der Waals surface area contributed by atoms with Crippen LogP contribution in [0.1, 0.15) is 32.9 Å². The number of carboxylic acid groups (broad SMARTS) is 1. The Hall–Kier alpha value is -2.24. The Bertz CT molecular complexity index is 765. The number of aromatic nitrogens is 2. The molecule has 1 saturated heterocycles. The standard InChI is InChI=1S/C17H27N4O8P/c1-11(16(24)25)21-30(26)28-10-17(2,3)14(29-30)15(23)20-5-4-13(22)27-9-12-8-18-6-7-19-12/h6-8,11,14,21,26,30H,4-5,9-10H2,1-3H3,(H,20,23)(H,24,25)/t11-,14-/m0/s1. The van der Waals surface area contributed by atoms with Crippen LogP contribution >= 0.6 is 8.09 Å². The van der Waals surface area contributed by atoms with E-state index in [-0.39, 0.29) is 26.2 Å². The van der Waals surface area contributed by atoms with E-state index in [2.05, 4.69) is 20.4 Å². The Morgan fingerprint density at radius 3 is 2.77 bits per heavy atom. The second kappa shape index (κ2) is 10.2. The monoisotopic (exact) mass is 446 g/mol. The summed E-state index contributed by atoms with van der Waals surface area (Å²) in [5, 5.41) is 14.0. The fourth-order valence-corrected chi connectivity index (χ4v) is 4.75. The van der Waals surface area contributed by atoms with Crippen molar-refractivity contribution in [3.8, 4) is 0 Å². The number of esters is 1. The SMILES string of the molecule is C[C@H](N[PH]1(O)OCC(C)(C)[C@H](C(=O)NCCC(=O)OCc2cnccn2)O1)C(=O)O. The van der Waals surface area contributed by atoms with Gasteiger partial charge in [0.2, 0.25) is 0 Å². The molecule has 12 nitrogen and oxygen atoms in total. The first-order valence-corrected chi connectivity index (χ1v) is 11.0. The molecule has 1 aromatic heterocycles. The van der Waals surface area contributed by atoms with E-state index < -0.39 is 43.5 Å². The Labute approximate surface area is 174 Å². The van der Waals surface area contributed by atoms with Crippen LogP contribution in [0.4, 0.5) is 0 Å². The minimum atomic E-state index is -4.08. The molecule has 0 aliphatic carbocycles. The van der Waals surface area contributed by atoms with E-state index in [1.54, 1.807) is 13.8 Å². The van der Waals surface area contributed by atoms with Gasteiger partial charge in [0.15, 0.2) is 0 Å². The predicted molar refractivity (Wildman–Crippen MR) is 105 cm³/mol. The maximum atomic E-state index is 12.6. The summed E-state index contributed by atoms with van der Waals surface area (Å²) in [5.74, 6) is -2.29. The zero-order chi connectivity index (χ0) is 22.4. The van der Waals surface area contributed by atoms with E-state index in [4.69, 9.17) is 18.9 Å². The number of ether oxygens (including phenoxy) is 1. The van der Waals surface area contributed by atoms with Gasteiger partial charge in [-0.25, -0.2) is 0 Å². The van der Waals surface area contributed by atoms with Crippen molar-refractivity contribution in [2.75, 3.05) is 13.2 Å². The van der Waals surface area contributed by atoms with E-state index in [0.29, 0.717) is 5.69 Å². The molecule has 4 N–H and O–H groups in total. The first-order valence-electron chi connectivity index (χ1n) is 9.25. The molecule has 2 atom stereocenters. The summed E-state index contributed by atoms with van der Waals surface area (Å²) < 4.78 is 15.9. The third kappa shape index (κ3) is 6.92. The van der Waals surface area contributed by atoms with Crippen molar-refractivity contribution in [2.24, 2.45) is 5.41 Å². The molecule has 168 valence electrons. The number of nitrogens with zero attached hydrogens (tertiary/aromatic N) is 2. The van der Waals surface area contributed by atoms with Crippen molar-refractivity contribution in [1.29, 1.82) is 0 Å². The van der Waals surface area contributed by atoms with Gasteiger partial charge in [-0.2, -0.15) is 0 Å². The number of hydrogen-bond donors (Lipinski definition) is 4. The van der Waals surface area contributed by atoms with Crippen molar-refractivity contribution in [1.82, 2.24) is 20.4 Å². The summed E-state index contributed by atoms with van der Waals surface area (Å²) in [5.41, 5.74) is -0.288. The summed E-state index contributed by atoms with van der Waals surface area (Å²) in [4.78, 5) is 53.8. The molecule has 0 unspecified atom stereocenters. The summed E-state index contributed by atoms with van der Waals surface area (Å²) in [7, 11) is -4.08. The number of carboxylic acids is 1. The summed E-state index contributed by atoms with van der Waals surface area (Å²) in [6.45, 7) is 4.69. The topological polar surface area (TPSA) is 169 Å². The van der Waals surface area contributed by atoms with Crippen LogP contribution in [0.15, 0.2) is 18.6 Å². The first-order chi connectivity index (χ1) is 14.0. The van der Waals surface area contributed by atoms with Gasteiger partial charge in [0.05, 0.1) is 0 Å². The quantitative estimate of drug-likeness (QED) is 0.296. The number of carbonyl (C=O) groups is 3. The van der Waals surface area contributed by atoms with Gasteiger partial charge in [-0.05, 0) is 0 Å². The van der Waals surface area contributed by atoms with Gasteiger partial charge < -0.3 is 0 Å². The van der Waals surface area contributed by atoms with Crippen LogP contribution in [-0.4, -0.2) is 63.1 Å². The fourth-order valence-electron chi connectivity index (χ4n) is 2.54. The average molecular weight is 446 g/mol. The fraction of sp³-hybridized carbons (Fsp3) is 0.588. The van der Waals surface area contributed by atoms with E-state index in [1.165, 1.54) is 25.5 Å². The van der Waals surface area contributed by atoms with Crippen LogP contribution in [0.5, 0.6) is 0 Å². The van der Waals surface area contributed by atoms with Gasteiger partial charge in [0.1, 0.15) is 0 Å². The zero-order valence-electron chi connectivity index (χ0n) is 17.0. The van der Waals surface area contributed by atoms with Gasteiger partial charge in [-0.1, -0.05) is 0 Å². The van der Waals surface area contributed by atoms with Gasteiger partial charge in [-0.3, -0.25) is 0 Å². The first kappa shape index (κ1) is 24.0. The zero-order valence-corrected chi connectivity index (χ0v) is 18.0. The molecule has 30 heavy (non-hydrogen) atoms. The van der Waals surface area contributed by atoms with E-state index in [9.17, 15) is 19.3 Å². The molecule has 2 heterocycles. The van der Waals surface area contributed by atoms with E-state index in [1.807, 2.05) is 0 Å². The second-order valence-corrected chi connectivity index (χ2v) is 9.44. The second-order valence-electron chi connectivity index (χ2n) is 7.46. The maximum absolute atomic E-state index is 12.6. The van der Waals surface area contributed by atoms with E-state index >= 15 is 0 Å². The van der Waals surface area contributed by atoms with Crippen molar-refractivity contribution >= 4 is 25.9 Å². The third-order valence-electron chi connectivity index (χ3n) is 4.26. The summed E-state index contributed by atoms with van der Waals surface area (Å²) in [6, 6.07) is -1.13. The molecular formula is C17H27N4O8P. The van der Waals surface area contributed by atoms with Crippen molar-refractivity contribution in [3.05, 3.63) is 24.3 Å². The molecular weight excluding hydrogens is 419 g/mol. The number of rotatable bonds is 9. The molecule has 1 aliphatic rings. The Morgan fingerprint density at radius 2 is 2.13 bits per heavy atom. The van der Waals surface area contributed by atoms with Gasteiger partial charge in [0, 0.05) is 6.20 Å². The van der Waals surface area contributed by atoms with Crippen LogP contribution in [0.2, 0.25) is 0 Å². The van der Waals surface area contributed by atoms with Crippen LogP contribution in [0.25, 0.3) is 0 Å².